The van der Waals surface area contributed by atoms with Gasteiger partial charge in [0.05, 0.1) is 6.04 Å². The van der Waals surface area contributed by atoms with E-state index < -0.39 is 0 Å². The third-order valence-electron chi connectivity index (χ3n) is 2.79. The predicted octanol–water partition coefficient (Wildman–Crippen LogP) is 1.84. The monoisotopic (exact) mass is 242 g/mol. The number of likely N-dealkylation sites (N-methyl/N-ethyl adjacent to an activating group) is 1. The van der Waals surface area contributed by atoms with E-state index in [1.54, 1.807) is 11.3 Å². The highest BCUT2D eigenvalue weighted by Crippen LogP contribution is 2.25. The standard InChI is InChI=1S/C12H22N2OS/c1-3-14(6-4-7-15)12(10(2)13)11-5-8-16-9-11/h5,8-10,12,15H,3-4,6-7,13H2,1-2H3. The van der Waals surface area contributed by atoms with E-state index in [1.807, 2.05) is 6.92 Å². The maximum Gasteiger partial charge on any atom is 0.0504 e. The number of rotatable bonds is 7. The summed E-state index contributed by atoms with van der Waals surface area (Å²) in [7, 11) is 0. The highest BCUT2D eigenvalue weighted by Gasteiger charge is 2.22. The Kier molecular flexibility index (Phi) is 5.98. The van der Waals surface area contributed by atoms with Gasteiger partial charge in [-0.1, -0.05) is 6.92 Å². The SMILES string of the molecule is CCN(CCCO)C(c1ccsc1)C(C)N. The molecule has 1 aromatic rings. The van der Waals surface area contributed by atoms with E-state index in [0.717, 1.165) is 19.5 Å². The van der Waals surface area contributed by atoms with E-state index >= 15 is 0 Å². The number of nitrogens with two attached hydrogens (primary N) is 1. The smallest absolute Gasteiger partial charge is 0.0504 e. The Labute approximate surface area is 102 Å². The van der Waals surface area contributed by atoms with Crippen LogP contribution in [0.15, 0.2) is 16.8 Å². The third kappa shape index (κ3) is 3.56. The van der Waals surface area contributed by atoms with Gasteiger partial charge in [-0.3, -0.25) is 4.90 Å². The van der Waals surface area contributed by atoms with Crippen LogP contribution in [0.3, 0.4) is 0 Å². The normalized spacial score (nSPS) is 15.3. The first-order valence-corrected chi connectivity index (χ1v) is 6.77. The van der Waals surface area contributed by atoms with Crippen LogP contribution in [0.4, 0.5) is 0 Å². The second-order valence-electron chi connectivity index (χ2n) is 4.07. The molecule has 1 aromatic heterocycles. The first-order chi connectivity index (χ1) is 7.70. The van der Waals surface area contributed by atoms with E-state index in [4.69, 9.17) is 10.8 Å². The zero-order chi connectivity index (χ0) is 12.0. The van der Waals surface area contributed by atoms with Crippen molar-refractivity contribution in [3.05, 3.63) is 22.4 Å². The van der Waals surface area contributed by atoms with Gasteiger partial charge in [0.2, 0.25) is 0 Å². The number of aliphatic hydroxyl groups excluding tert-OH is 1. The molecule has 0 aliphatic carbocycles. The van der Waals surface area contributed by atoms with E-state index in [0.29, 0.717) is 0 Å². The molecule has 0 saturated carbocycles. The molecule has 3 N–H and O–H groups in total. The molecule has 0 aliphatic rings. The molecule has 0 radical (unpaired) electrons. The van der Waals surface area contributed by atoms with Crippen molar-refractivity contribution in [1.29, 1.82) is 0 Å². The highest BCUT2D eigenvalue weighted by atomic mass is 32.1. The molecular weight excluding hydrogens is 220 g/mol. The summed E-state index contributed by atoms with van der Waals surface area (Å²) in [6.07, 6.45) is 0.807. The minimum atomic E-state index is 0.105. The molecule has 1 rings (SSSR count). The minimum Gasteiger partial charge on any atom is -0.396 e. The second-order valence-corrected chi connectivity index (χ2v) is 4.85. The Morgan fingerprint density at radius 2 is 2.31 bits per heavy atom. The number of thiophene rings is 1. The quantitative estimate of drug-likeness (QED) is 0.767. The summed E-state index contributed by atoms with van der Waals surface area (Å²) in [5, 5.41) is 13.2. The van der Waals surface area contributed by atoms with Crippen LogP contribution >= 0.6 is 11.3 Å². The fourth-order valence-corrected chi connectivity index (χ4v) is 2.75. The molecular formula is C12H22N2OS. The molecule has 0 aliphatic heterocycles. The molecule has 0 saturated heterocycles. The van der Waals surface area contributed by atoms with E-state index in [1.165, 1.54) is 5.56 Å². The Balaban J connectivity index is 2.75. The second kappa shape index (κ2) is 7.01. The molecule has 0 spiro atoms. The molecule has 0 fully saturated rings. The molecule has 92 valence electrons. The van der Waals surface area contributed by atoms with Gasteiger partial charge in [0.1, 0.15) is 0 Å². The molecule has 2 unspecified atom stereocenters. The number of hydrogen-bond donors (Lipinski definition) is 2. The van der Waals surface area contributed by atoms with E-state index in [-0.39, 0.29) is 18.7 Å². The van der Waals surface area contributed by atoms with Crippen LogP contribution in [0.2, 0.25) is 0 Å². The molecule has 16 heavy (non-hydrogen) atoms. The fourth-order valence-electron chi connectivity index (χ4n) is 2.06. The first-order valence-electron chi connectivity index (χ1n) is 5.83. The van der Waals surface area contributed by atoms with Gasteiger partial charge in [-0.05, 0) is 42.3 Å². The minimum absolute atomic E-state index is 0.105. The van der Waals surface area contributed by atoms with Crippen LogP contribution in [0, 0.1) is 0 Å². The van der Waals surface area contributed by atoms with Crippen molar-refractivity contribution >= 4 is 11.3 Å². The summed E-state index contributed by atoms with van der Waals surface area (Å²) < 4.78 is 0. The van der Waals surface area contributed by atoms with Crippen molar-refractivity contribution in [2.75, 3.05) is 19.7 Å². The molecule has 4 heteroatoms. The van der Waals surface area contributed by atoms with Crippen LogP contribution in [-0.4, -0.2) is 35.7 Å². The topological polar surface area (TPSA) is 49.5 Å². The Morgan fingerprint density at radius 1 is 1.56 bits per heavy atom. The lowest BCUT2D eigenvalue weighted by molar-refractivity contribution is 0.165. The largest absolute Gasteiger partial charge is 0.396 e. The molecule has 0 bridgehead atoms. The number of aliphatic hydroxyl groups is 1. The zero-order valence-corrected chi connectivity index (χ0v) is 10.9. The van der Waals surface area contributed by atoms with Gasteiger partial charge < -0.3 is 10.8 Å². The summed E-state index contributed by atoms with van der Waals surface area (Å²) in [5.41, 5.74) is 7.37. The Bertz CT molecular complexity index is 275. The first kappa shape index (κ1) is 13.6. The summed E-state index contributed by atoms with van der Waals surface area (Å²) in [6, 6.07) is 2.51. The maximum absolute atomic E-state index is 8.91. The summed E-state index contributed by atoms with van der Waals surface area (Å²) >= 11 is 1.71. The van der Waals surface area contributed by atoms with Gasteiger partial charge in [-0.25, -0.2) is 0 Å². The molecule has 0 aromatic carbocycles. The molecule has 0 amide bonds. The molecule has 1 heterocycles. The van der Waals surface area contributed by atoms with Gasteiger partial charge in [-0.15, -0.1) is 0 Å². The Morgan fingerprint density at radius 3 is 2.75 bits per heavy atom. The lowest BCUT2D eigenvalue weighted by atomic mass is 10.0. The maximum atomic E-state index is 8.91. The van der Waals surface area contributed by atoms with Crippen molar-refractivity contribution in [3.63, 3.8) is 0 Å². The molecule has 2 atom stereocenters. The van der Waals surface area contributed by atoms with E-state index in [2.05, 4.69) is 28.7 Å². The molecule has 3 nitrogen and oxygen atoms in total. The number of hydrogen-bond acceptors (Lipinski definition) is 4. The van der Waals surface area contributed by atoms with Crippen LogP contribution in [0.1, 0.15) is 31.9 Å². The fraction of sp³-hybridized carbons (Fsp3) is 0.667. The predicted molar refractivity (Wildman–Crippen MR) is 69.7 cm³/mol. The van der Waals surface area contributed by atoms with Crippen LogP contribution in [-0.2, 0) is 0 Å². The van der Waals surface area contributed by atoms with Gasteiger partial charge in [-0.2, -0.15) is 11.3 Å². The van der Waals surface area contributed by atoms with Crippen LogP contribution in [0.25, 0.3) is 0 Å². The van der Waals surface area contributed by atoms with Crippen LogP contribution in [0.5, 0.6) is 0 Å². The van der Waals surface area contributed by atoms with Crippen molar-refractivity contribution in [3.8, 4) is 0 Å². The summed E-state index contributed by atoms with van der Waals surface area (Å²) in [5.74, 6) is 0. The highest BCUT2D eigenvalue weighted by molar-refractivity contribution is 7.07. The summed E-state index contributed by atoms with van der Waals surface area (Å²) in [4.78, 5) is 2.34. The average Bonchev–Trinajstić information content (AvgIpc) is 2.76. The summed E-state index contributed by atoms with van der Waals surface area (Å²) in [6.45, 7) is 6.28. The van der Waals surface area contributed by atoms with Gasteiger partial charge in [0.25, 0.3) is 0 Å². The van der Waals surface area contributed by atoms with Crippen molar-refractivity contribution in [2.45, 2.75) is 32.4 Å². The van der Waals surface area contributed by atoms with Gasteiger partial charge in [0.15, 0.2) is 0 Å². The van der Waals surface area contributed by atoms with E-state index in [9.17, 15) is 0 Å². The van der Waals surface area contributed by atoms with Gasteiger partial charge in [0, 0.05) is 19.2 Å². The number of nitrogens with zero attached hydrogens (tertiary/aromatic N) is 1. The lowest BCUT2D eigenvalue weighted by Crippen LogP contribution is -2.40. The lowest BCUT2D eigenvalue weighted by Gasteiger charge is -2.33. The van der Waals surface area contributed by atoms with Crippen molar-refractivity contribution in [1.82, 2.24) is 4.90 Å². The van der Waals surface area contributed by atoms with Gasteiger partial charge >= 0.3 is 0 Å². The van der Waals surface area contributed by atoms with Crippen molar-refractivity contribution < 1.29 is 5.11 Å². The van der Waals surface area contributed by atoms with Crippen molar-refractivity contribution in [2.24, 2.45) is 5.73 Å². The average molecular weight is 242 g/mol. The third-order valence-corrected chi connectivity index (χ3v) is 3.49. The van der Waals surface area contributed by atoms with Crippen LogP contribution < -0.4 is 5.73 Å². The Hall–Kier alpha value is -0.420. The zero-order valence-electron chi connectivity index (χ0n) is 10.1.